The zero-order valence-corrected chi connectivity index (χ0v) is 12.4. The van der Waals surface area contributed by atoms with Crippen molar-refractivity contribution in [1.29, 1.82) is 0 Å². The first-order valence-electron chi connectivity index (χ1n) is 7.25. The van der Waals surface area contributed by atoms with E-state index in [2.05, 4.69) is 19.2 Å². The van der Waals surface area contributed by atoms with Crippen LogP contribution in [0.4, 0.5) is 10.1 Å². The van der Waals surface area contributed by atoms with Crippen molar-refractivity contribution in [3.63, 3.8) is 0 Å². The molecule has 0 aliphatic heterocycles. The standard InChI is InChI=1S/C16H23FN2O/c1-9-4-5-15(10(2)6-9)19-16(20)12-7-13(17)11(3)14(18)8-12/h7-10,15H,4-6,18H2,1-3H3,(H,19,20). The van der Waals surface area contributed by atoms with Crippen molar-refractivity contribution in [3.05, 3.63) is 29.1 Å². The van der Waals surface area contributed by atoms with Gasteiger partial charge in [0.25, 0.3) is 5.91 Å². The number of hydrogen-bond donors (Lipinski definition) is 2. The summed E-state index contributed by atoms with van der Waals surface area (Å²) < 4.78 is 13.6. The van der Waals surface area contributed by atoms with Gasteiger partial charge in [-0.2, -0.15) is 0 Å². The molecule has 4 heteroatoms. The van der Waals surface area contributed by atoms with Crippen LogP contribution < -0.4 is 11.1 Å². The van der Waals surface area contributed by atoms with E-state index >= 15 is 0 Å². The molecule has 0 saturated heterocycles. The maximum atomic E-state index is 13.6. The van der Waals surface area contributed by atoms with Gasteiger partial charge in [0.1, 0.15) is 5.82 Å². The van der Waals surface area contributed by atoms with Gasteiger partial charge in [-0.1, -0.05) is 13.8 Å². The van der Waals surface area contributed by atoms with Gasteiger partial charge in [-0.25, -0.2) is 4.39 Å². The SMILES string of the molecule is Cc1c(N)cc(C(=O)NC2CCC(C)CC2C)cc1F. The molecule has 1 aliphatic carbocycles. The van der Waals surface area contributed by atoms with Crippen molar-refractivity contribution in [3.8, 4) is 0 Å². The van der Waals surface area contributed by atoms with Gasteiger partial charge in [-0.3, -0.25) is 4.79 Å². The van der Waals surface area contributed by atoms with Crippen LogP contribution in [-0.4, -0.2) is 11.9 Å². The third-order valence-electron chi connectivity index (χ3n) is 4.39. The summed E-state index contributed by atoms with van der Waals surface area (Å²) in [5.41, 5.74) is 6.73. The minimum atomic E-state index is -0.430. The summed E-state index contributed by atoms with van der Waals surface area (Å²) in [4.78, 5) is 12.2. The van der Waals surface area contributed by atoms with Crippen molar-refractivity contribution in [2.75, 3.05) is 5.73 Å². The largest absolute Gasteiger partial charge is 0.398 e. The smallest absolute Gasteiger partial charge is 0.251 e. The summed E-state index contributed by atoms with van der Waals surface area (Å²) in [6.07, 6.45) is 3.23. The van der Waals surface area contributed by atoms with Gasteiger partial charge in [-0.05, 0) is 50.2 Å². The van der Waals surface area contributed by atoms with E-state index in [0.717, 1.165) is 19.3 Å². The fourth-order valence-corrected chi connectivity index (χ4v) is 2.96. The van der Waals surface area contributed by atoms with Gasteiger partial charge in [0, 0.05) is 22.9 Å². The Hall–Kier alpha value is -1.58. The molecule has 0 bridgehead atoms. The highest BCUT2D eigenvalue weighted by Gasteiger charge is 2.27. The highest BCUT2D eigenvalue weighted by Crippen LogP contribution is 2.29. The lowest BCUT2D eigenvalue weighted by Gasteiger charge is -2.33. The summed E-state index contributed by atoms with van der Waals surface area (Å²) >= 11 is 0. The minimum absolute atomic E-state index is 0.171. The molecule has 0 aromatic heterocycles. The molecule has 1 amide bonds. The van der Waals surface area contributed by atoms with Crippen LogP contribution in [0.3, 0.4) is 0 Å². The molecule has 1 aromatic carbocycles. The van der Waals surface area contributed by atoms with Gasteiger partial charge in [0.2, 0.25) is 0 Å². The second kappa shape index (κ2) is 5.81. The van der Waals surface area contributed by atoms with Gasteiger partial charge in [0.05, 0.1) is 0 Å². The summed E-state index contributed by atoms with van der Waals surface area (Å²) in [5.74, 6) is 0.503. The Morgan fingerprint density at radius 1 is 1.35 bits per heavy atom. The number of benzene rings is 1. The van der Waals surface area contributed by atoms with Gasteiger partial charge in [0.15, 0.2) is 0 Å². The Labute approximate surface area is 119 Å². The van der Waals surface area contributed by atoms with E-state index in [-0.39, 0.29) is 11.9 Å². The molecular formula is C16H23FN2O. The van der Waals surface area contributed by atoms with E-state index in [1.165, 1.54) is 6.07 Å². The van der Waals surface area contributed by atoms with Gasteiger partial charge >= 0.3 is 0 Å². The average molecular weight is 278 g/mol. The molecule has 1 saturated carbocycles. The Balaban J connectivity index is 2.09. The summed E-state index contributed by atoms with van der Waals surface area (Å²) in [6.45, 7) is 6.01. The lowest BCUT2D eigenvalue weighted by molar-refractivity contribution is 0.0899. The molecule has 3 atom stereocenters. The zero-order valence-electron chi connectivity index (χ0n) is 12.4. The monoisotopic (exact) mass is 278 g/mol. The van der Waals surface area contributed by atoms with Crippen molar-refractivity contribution >= 4 is 11.6 Å². The van der Waals surface area contributed by atoms with E-state index in [0.29, 0.717) is 28.7 Å². The molecule has 0 radical (unpaired) electrons. The van der Waals surface area contributed by atoms with Crippen LogP contribution in [-0.2, 0) is 0 Å². The molecule has 2 rings (SSSR count). The van der Waals surface area contributed by atoms with Crippen molar-refractivity contribution < 1.29 is 9.18 Å². The molecule has 0 spiro atoms. The van der Waals surface area contributed by atoms with Crippen LogP contribution in [0.25, 0.3) is 0 Å². The first kappa shape index (κ1) is 14.8. The molecule has 1 fully saturated rings. The third-order valence-corrected chi connectivity index (χ3v) is 4.39. The molecule has 0 heterocycles. The summed E-state index contributed by atoms with van der Waals surface area (Å²) in [7, 11) is 0. The van der Waals surface area contributed by atoms with Crippen molar-refractivity contribution in [1.82, 2.24) is 5.32 Å². The third kappa shape index (κ3) is 3.11. The molecule has 20 heavy (non-hydrogen) atoms. The van der Waals surface area contributed by atoms with Crippen LogP contribution in [0.5, 0.6) is 0 Å². The van der Waals surface area contributed by atoms with Crippen molar-refractivity contribution in [2.45, 2.75) is 46.1 Å². The topological polar surface area (TPSA) is 55.1 Å². The number of nitrogen functional groups attached to an aromatic ring is 1. The Bertz CT molecular complexity index is 492. The predicted molar refractivity (Wildman–Crippen MR) is 79.0 cm³/mol. The normalized spacial score (nSPS) is 26.3. The van der Waals surface area contributed by atoms with E-state index in [4.69, 9.17) is 5.73 Å². The Morgan fingerprint density at radius 3 is 2.65 bits per heavy atom. The fraction of sp³-hybridized carbons (Fsp3) is 0.562. The molecule has 1 aromatic rings. The fourth-order valence-electron chi connectivity index (χ4n) is 2.96. The number of nitrogens with one attached hydrogen (secondary N) is 1. The predicted octanol–water partition coefficient (Wildman–Crippen LogP) is 3.27. The van der Waals surface area contributed by atoms with Crippen LogP contribution in [0.1, 0.15) is 49.0 Å². The van der Waals surface area contributed by atoms with Gasteiger partial charge in [-0.15, -0.1) is 0 Å². The molecule has 3 nitrogen and oxygen atoms in total. The number of nitrogens with two attached hydrogens (primary N) is 1. The average Bonchev–Trinajstić information content (AvgIpc) is 2.38. The number of carbonyl (C=O) groups is 1. The number of halogens is 1. The van der Waals surface area contributed by atoms with Gasteiger partial charge < -0.3 is 11.1 Å². The van der Waals surface area contributed by atoms with Crippen LogP contribution in [0.2, 0.25) is 0 Å². The molecule has 3 unspecified atom stereocenters. The molecule has 110 valence electrons. The van der Waals surface area contributed by atoms with E-state index in [1.54, 1.807) is 13.0 Å². The molecule has 1 aliphatic rings. The summed E-state index contributed by atoms with van der Waals surface area (Å²) in [6, 6.07) is 2.98. The number of hydrogen-bond acceptors (Lipinski definition) is 2. The molecule has 3 N–H and O–H groups in total. The number of amides is 1. The van der Waals surface area contributed by atoms with E-state index < -0.39 is 5.82 Å². The first-order chi connectivity index (χ1) is 9.38. The number of rotatable bonds is 2. The highest BCUT2D eigenvalue weighted by molar-refractivity contribution is 5.95. The zero-order chi connectivity index (χ0) is 14.9. The van der Waals surface area contributed by atoms with Crippen LogP contribution in [0.15, 0.2) is 12.1 Å². The first-order valence-corrected chi connectivity index (χ1v) is 7.25. The summed E-state index contributed by atoms with van der Waals surface area (Å²) in [5, 5.41) is 3.02. The minimum Gasteiger partial charge on any atom is -0.398 e. The number of carbonyl (C=O) groups excluding carboxylic acids is 1. The van der Waals surface area contributed by atoms with Crippen molar-refractivity contribution in [2.24, 2.45) is 11.8 Å². The van der Waals surface area contributed by atoms with E-state index in [1.807, 2.05) is 0 Å². The van der Waals surface area contributed by atoms with E-state index in [9.17, 15) is 9.18 Å². The second-order valence-corrected chi connectivity index (χ2v) is 6.15. The molecular weight excluding hydrogens is 255 g/mol. The van der Waals surface area contributed by atoms with Crippen LogP contribution >= 0.6 is 0 Å². The Morgan fingerprint density at radius 2 is 2.05 bits per heavy atom. The lowest BCUT2D eigenvalue weighted by Crippen LogP contribution is -2.42. The Kier molecular flexibility index (Phi) is 4.31. The maximum Gasteiger partial charge on any atom is 0.251 e. The second-order valence-electron chi connectivity index (χ2n) is 6.15. The lowest BCUT2D eigenvalue weighted by atomic mass is 9.80. The maximum absolute atomic E-state index is 13.6. The highest BCUT2D eigenvalue weighted by atomic mass is 19.1. The number of anilines is 1. The quantitative estimate of drug-likeness (QED) is 0.816. The van der Waals surface area contributed by atoms with Crippen LogP contribution in [0, 0.1) is 24.6 Å².